The Morgan fingerprint density at radius 2 is 1.80 bits per heavy atom. The molecule has 2 amide bonds. The third-order valence-corrected chi connectivity index (χ3v) is 9.11. The van der Waals surface area contributed by atoms with Gasteiger partial charge in [-0.25, -0.2) is 9.37 Å². The molecular weight excluding hydrogens is 662 g/mol. The fourth-order valence-corrected chi connectivity index (χ4v) is 5.84. The van der Waals surface area contributed by atoms with Gasteiger partial charge in [0.1, 0.15) is 40.5 Å². The van der Waals surface area contributed by atoms with Crippen molar-refractivity contribution in [2.75, 3.05) is 26.8 Å². The van der Waals surface area contributed by atoms with Crippen LogP contribution in [0.25, 0.3) is 22.2 Å². The van der Waals surface area contributed by atoms with Gasteiger partial charge in [-0.2, -0.15) is 18.3 Å². The number of amides is 2. The molecule has 0 spiro atoms. The summed E-state index contributed by atoms with van der Waals surface area (Å²) in [5.41, 5.74) is -6.83. The third kappa shape index (κ3) is 6.59. The molecule has 2 atom stereocenters. The zero-order valence-electron chi connectivity index (χ0n) is 27.8. The van der Waals surface area contributed by atoms with Crippen molar-refractivity contribution in [3.8, 4) is 22.8 Å². The van der Waals surface area contributed by atoms with Gasteiger partial charge in [0.2, 0.25) is 11.5 Å². The number of benzene rings is 2. The summed E-state index contributed by atoms with van der Waals surface area (Å²) in [6.45, 7) is 3.04. The first kappa shape index (κ1) is 35.1. The van der Waals surface area contributed by atoms with Gasteiger partial charge in [-0.1, -0.05) is 0 Å². The summed E-state index contributed by atoms with van der Waals surface area (Å²) in [5, 5.41) is 31.5. The predicted octanol–water partition coefficient (Wildman–Crippen LogP) is 4.69. The van der Waals surface area contributed by atoms with Crippen molar-refractivity contribution in [3.05, 3.63) is 71.3 Å². The van der Waals surface area contributed by atoms with Crippen LogP contribution in [-0.2, 0) is 15.8 Å². The van der Waals surface area contributed by atoms with E-state index >= 15 is 0 Å². The number of nitrogens with zero attached hydrogens (tertiary/aromatic N) is 3. The number of aromatic nitrogens is 3. The van der Waals surface area contributed by atoms with Crippen LogP contribution in [0.1, 0.15) is 67.7 Å². The minimum Gasteiger partial charge on any atom is -0.494 e. The number of pyridine rings is 1. The number of hydrogen-bond acceptors (Lipinski definition) is 8. The molecule has 1 saturated carbocycles. The molecule has 0 radical (unpaired) electrons. The van der Waals surface area contributed by atoms with Crippen molar-refractivity contribution in [1.29, 1.82) is 0 Å². The maximum atomic E-state index is 15.0. The van der Waals surface area contributed by atoms with Crippen molar-refractivity contribution in [1.82, 2.24) is 25.4 Å². The van der Waals surface area contributed by atoms with E-state index < -0.39 is 52.7 Å². The van der Waals surface area contributed by atoms with Gasteiger partial charge in [0.15, 0.2) is 0 Å². The van der Waals surface area contributed by atoms with Crippen molar-refractivity contribution in [2.45, 2.75) is 68.9 Å². The molecule has 1 fully saturated rings. The normalized spacial score (nSPS) is 18.7. The van der Waals surface area contributed by atoms with Crippen LogP contribution in [0.4, 0.5) is 17.6 Å². The first-order chi connectivity index (χ1) is 23.4. The van der Waals surface area contributed by atoms with Crippen LogP contribution >= 0.6 is 0 Å². The van der Waals surface area contributed by atoms with Gasteiger partial charge in [-0.3, -0.25) is 14.3 Å². The Morgan fingerprint density at radius 3 is 2.42 bits per heavy atom. The number of ether oxygens (including phenoxy) is 2. The Morgan fingerprint density at radius 1 is 1.10 bits per heavy atom. The fourth-order valence-electron chi connectivity index (χ4n) is 5.84. The molecule has 1 aliphatic heterocycles. The molecule has 4 aromatic rings. The Labute approximate surface area is 284 Å². The molecule has 6 rings (SSSR count). The van der Waals surface area contributed by atoms with Crippen LogP contribution in [0.5, 0.6) is 11.5 Å². The number of carbonyl (C=O) groups excluding carboxylic acids is 2. The SMILES string of the molecule is COc1cc(C(=O)NCC(O)(c2cc3c(c(-c4ccc(F)cc4)n2)OC[C@]3(C)C(=O)NCCC(C)(C)O)C(F)(F)F)cc2cn(C3CC3)nc12. The number of rotatable bonds is 11. The maximum absolute atomic E-state index is 15.0. The van der Waals surface area contributed by atoms with E-state index in [-0.39, 0.29) is 59.5 Å². The second-order valence-corrected chi connectivity index (χ2v) is 13.7. The maximum Gasteiger partial charge on any atom is 0.424 e. The van der Waals surface area contributed by atoms with E-state index in [2.05, 4.69) is 20.7 Å². The number of aliphatic hydroxyl groups is 2. The van der Waals surface area contributed by atoms with Gasteiger partial charge in [0.25, 0.3) is 5.91 Å². The summed E-state index contributed by atoms with van der Waals surface area (Å²) >= 11 is 0. The molecule has 11 nitrogen and oxygen atoms in total. The molecule has 15 heteroatoms. The van der Waals surface area contributed by atoms with E-state index in [4.69, 9.17) is 9.47 Å². The molecule has 0 bridgehead atoms. The lowest BCUT2D eigenvalue weighted by atomic mass is 9.81. The summed E-state index contributed by atoms with van der Waals surface area (Å²) in [5.74, 6) is -1.89. The molecule has 2 aromatic heterocycles. The van der Waals surface area contributed by atoms with Crippen molar-refractivity contribution < 1.29 is 46.8 Å². The highest BCUT2D eigenvalue weighted by Gasteiger charge is 2.58. The first-order valence-electron chi connectivity index (χ1n) is 16.0. The number of methoxy groups -OCH3 is 1. The molecule has 2 aliphatic rings. The average molecular weight is 700 g/mol. The average Bonchev–Trinajstić information content (AvgIpc) is 3.73. The molecular formula is C35H37F4N5O6. The minimum atomic E-state index is -5.38. The van der Waals surface area contributed by atoms with Crippen LogP contribution in [-0.4, -0.2) is 75.4 Å². The fraction of sp³-hybridized carbons (Fsp3) is 0.429. The topological polar surface area (TPSA) is 148 Å². The van der Waals surface area contributed by atoms with Crippen LogP contribution in [0.2, 0.25) is 0 Å². The molecule has 1 unspecified atom stereocenters. The number of alkyl halides is 3. The Bertz CT molecular complexity index is 1950. The number of nitrogens with one attached hydrogen (secondary N) is 2. The first-order valence-corrected chi connectivity index (χ1v) is 16.0. The van der Waals surface area contributed by atoms with Gasteiger partial charge in [-0.15, -0.1) is 0 Å². The quantitative estimate of drug-likeness (QED) is 0.165. The van der Waals surface area contributed by atoms with E-state index in [9.17, 15) is 37.4 Å². The molecule has 1 aliphatic carbocycles. The number of hydrogen-bond donors (Lipinski definition) is 4. The molecule has 4 N–H and O–H groups in total. The summed E-state index contributed by atoms with van der Waals surface area (Å²) < 4.78 is 71.8. The van der Waals surface area contributed by atoms with Crippen molar-refractivity contribution in [3.63, 3.8) is 0 Å². The zero-order chi connectivity index (χ0) is 36.2. The molecule has 266 valence electrons. The second-order valence-electron chi connectivity index (χ2n) is 13.7. The van der Waals surface area contributed by atoms with E-state index in [1.807, 2.05) is 0 Å². The van der Waals surface area contributed by atoms with Crippen LogP contribution in [0, 0.1) is 5.82 Å². The predicted molar refractivity (Wildman–Crippen MR) is 173 cm³/mol. The van der Waals surface area contributed by atoms with Gasteiger partial charge >= 0.3 is 6.18 Å². The van der Waals surface area contributed by atoms with Crippen LogP contribution in [0.3, 0.4) is 0 Å². The monoisotopic (exact) mass is 699 g/mol. The Balaban J connectivity index is 1.37. The smallest absolute Gasteiger partial charge is 0.424 e. The molecule has 50 heavy (non-hydrogen) atoms. The minimum absolute atomic E-state index is 0.000511. The Hall–Kier alpha value is -4.76. The standard InChI is InChI=1S/C35H37F4N5O6/c1-32(2,47)11-12-40-31(46)33(3)18-50-29-24(33)15-26(42-28(29)19-5-7-22(36)8-6-19)34(48,35(37,38)39)17-41-30(45)20-13-21-16-44(23-9-10-23)43-27(21)25(14-20)49-4/h5-8,13-16,23,47-48H,9-12,17-18H2,1-4H3,(H,40,46)(H,41,45)/t33-,34?/m0/s1. The van der Waals surface area contributed by atoms with E-state index in [0.29, 0.717) is 10.9 Å². The van der Waals surface area contributed by atoms with Gasteiger partial charge in [-0.05, 0) is 82.5 Å². The van der Waals surface area contributed by atoms with Crippen LogP contribution < -0.4 is 20.1 Å². The van der Waals surface area contributed by atoms with Gasteiger partial charge in [0, 0.05) is 34.8 Å². The highest BCUT2D eigenvalue weighted by atomic mass is 19.4. The largest absolute Gasteiger partial charge is 0.494 e. The number of fused-ring (bicyclic) bond motifs is 2. The molecule has 2 aromatic carbocycles. The third-order valence-electron chi connectivity index (χ3n) is 9.11. The zero-order valence-corrected chi connectivity index (χ0v) is 27.8. The second kappa shape index (κ2) is 12.5. The lowest BCUT2D eigenvalue weighted by Crippen LogP contribution is -2.52. The van der Waals surface area contributed by atoms with E-state index in [1.165, 1.54) is 38.3 Å². The number of carbonyl (C=O) groups is 2. The van der Waals surface area contributed by atoms with Crippen LogP contribution in [0.15, 0.2) is 48.7 Å². The van der Waals surface area contributed by atoms with Crippen molar-refractivity contribution >= 4 is 22.7 Å². The number of halogens is 4. The highest BCUT2D eigenvalue weighted by molar-refractivity contribution is 6.00. The van der Waals surface area contributed by atoms with Gasteiger partial charge in [0.05, 0.1) is 31.0 Å². The van der Waals surface area contributed by atoms with Gasteiger partial charge < -0.3 is 30.3 Å². The van der Waals surface area contributed by atoms with E-state index in [1.54, 1.807) is 24.7 Å². The van der Waals surface area contributed by atoms with Crippen molar-refractivity contribution in [2.24, 2.45) is 0 Å². The van der Waals surface area contributed by atoms with E-state index in [0.717, 1.165) is 31.0 Å². The lowest BCUT2D eigenvalue weighted by molar-refractivity contribution is -0.265. The Kier molecular flexibility index (Phi) is 8.79. The summed E-state index contributed by atoms with van der Waals surface area (Å²) in [7, 11) is 1.39. The highest BCUT2D eigenvalue weighted by Crippen LogP contribution is 2.48. The molecule has 3 heterocycles. The lowest BCUT2D eigenvalue weighted by Gasteiger charge is -2.31. The summed E-state index contributed by atoms with van der Waals surface area (Å²) in [6, 6.07) is 8.76. The molecule has 0 saturated heterocycles. The summed E-state index contributed by atoms with van der Waals surface area (Å²) in [4.78, 5) is 31.1. The summed E-state index contributed by atoms with van der Waals surface area (Å²) in [6.07, 6.45) is -1.53.